The van der Waals surface area contributed by atoms with Crippen LogP contribution in [-0.4, -0.2) is 0 Å². The lowest BCUT2D eigenvalue weighted by atomic mass is 9.93. The summed E-state index contributed by atoms with van der Waals surface area (Å²) in [5.41, 5.74) is 7.96. The molecule has 114 valence electrons. The van der Waals surface area contributed by atoms with E-state index >= 15 is 0 Å². The molecule has 2 rings (SSSR count). The van der Waals surface area contributed by atoms with E-state index in [0.29, 0.717) is 12.0 Å². The van der Waals surface area contributed by atoms with Gasteiger partial charge >= 0.3 is 0 Å². The molecular weight excluding hydrogens is 266 g/mol. The van der Waals surface area contributed by atoms with Gasteiger partial charge in [0, 0.05) is 11.7 Å². The molecule has 0 saturated carbocycles. The number of benzene rings is 1. The molecule has 22 heavy (non-hydrogen) atoms. The molecule has 0 radical (unpaired) electrons. The third-order valence-corrected chi connectivity index (χ3v) is 4.06. The molecule has 0 spiro atoms. The lowest BCUT2D eigenvalue weighted by molar-refractivity contribution is 0.544. The van der Waals surface area contributed by atoms with Gasteiger partial charge in [-0.1, -0.05) is 56.0 Å². The largest absolute Gasteiger partial charge is 0.381 e. The summed E-state index contributed by atoms with van der Waals surface area (Å²) in [4.78, 5) is 0. The van der Waals surface area contributed by atoms with E-state index in [0.717, 1.165) is 6.42 Å². The quantitative estimate of drug-likeness (QED) is 0.553. The fraction of sp³-hybridized carbons (Fsp3) is 0.286. The molecule has 2 atom stereocenters. The monoisotopic (exact) mass is 291 g/mol. The number of rotatable bonds is 5. The van der Waals surface area contributed by atoms with E-state index in [1.165, 1.54) is 22.4 Å². The molecule has 0 aromatic heterocycles. The summed E-state index contributed by atoms with van der Waals surface area (Å²) < 4.78 is 0. The molecule has 0 saturated heterocycles. The fourth-order valence-corrected chi connectivity index (χ4v) is 2.78. The first-order valence-corrected chi connectivity index (χ1v) is 7.88. The van der Waals surface area contributed by atoms with E-state index in [1.54, 1.807) is 0 Å². The van der Waals surface area contributed by atoms with Gasteiger partial charge in [0.1, 0.15) is 0 Å². The number of hydrogen-bond donors (Lipinski definition) is 1. The summed E-state index contributed by atoms with van der Waals surface area (Å²) in [5.74, 6) is 0.563. The molecular formula is C21H25N. The zero-order valence-electron chi connectivity index (χ0n) is 13.8. The van der Waals surface area contributed by atoms with Crippen LogP contribution >= 0.6 is 0 Å². The first-order valence-electron chi connectivity index (χ1n) is 7.88. The fourth-order valence-electron chi connectivity index (χ4n) is 2.78. The van der Waals surface area contributed by atoms with Crippen molar-refractivity contribution in [2.24, 2.45) is 5.92 Å². The predicted octanol–water partition coefficient (Wildman–Crippen LogP) is 5.56. The highest BCUT2D eigenvalue weighted by molar-refractivity contribution is 5.52. The van der Waals surface area contributed by atoms with Gasteiger partial charge in [0.2, 0.25) is 0 Å². The maximum absolute atomic E-state index is 3.70. The molecule has 1 aromatic rings. The van der Waals surface area contributed by atoms with Crippen molar-refractivity contribution < 1.29 is 0 Å². The van der Waals surface area contributed by atoms with E-state index in [9.17, 15) is 0 Å². The van der Waals surface area contributed by atoms with Crippen molar-refractivity contribution in [3.05, 3.63) is 83.3 Å². The Balaban J connectivity index is 2.16. The average Bonchev–Trinajstić information content (AvgIpc) is 2.51. The van der Waals surface area contributed by atoms with Gasteiger partial charge in [0.15, 0.2) is 0 Å². The summed E-state index contributed by atoms with van der Waals surface area (Å²) in [6, 6.07) is 8.92. The molecule has 0 fully saturated rings. The molecule has 0 bridgehead atoms. The minimum atomic E-state index is 0.294. The normalized spacial score (nSPS) is 19.1. The smallest absolute Gasteiger partial charge is 0.0483 e. The number of nitrogens with one attached hydrogen (secondary N) is 1. The predicted molar refractivity (Wildman–Crippen MR) is 96.4 cm³/mol. The third kappa shape index (κ3) is 4.13. The van der Waals surface area contributed by atoms with Crippen LogP contribution in [0.4, 0.5) is 0 Å². The standard InChI is InChI=1S/C21H25N/c1-5-6-7-12-19-13-9-14-20(15-19)18(4)22-21-16(2)10-8-11-17(21)3/h6-10,12-15,17-18,22H,1,11H2,2-4H3/b12-7+. The average molecular weight is 291 g/mol. The molecule has 1 N–H and O–H groups in total. The Morgan fingerprint density at radius 2 is 2.23 bits per heavy atom. The second-order valence-electron chi connectivity index (χ2n) is 5.90. The van der Waals surface area contributed by atoms with E-state index < -0.39 is 0 Å². The van der Waals surface area contributed by atoms with Gasteiger partial charge < -0.3 is 5.32 Å². The van der Waals surface area contributed by atoms with Crippen molar-refractivity contribution in [2.45, 2.75) is 33.2 Å². The number of allylic oxidation sites excluding steroid dienone is 6. The molecule has 2 unspecified atom stereocenters. The van der Waals surface area contributed by atoms with Crippen LogP contribution in [0.2, 0.25) is 0 Å². The number of hydrogen-bond acceptors (Lipinski definition) is 1. The molecule has 1 aliphatic rings. The van der Waals surface area contributed by atoms with Crippen LogP contribution in [0.25, 0.3) is 6.08 Å². The molecule has 0 heterocycles. The molecule has 1 aliphatic carbocycles. The van der Waals surface area contributed by atoms with E-state index in [4.69, 9.17) is 0 Å². The van der Waals surface area contributed by atoms with Crippen LogP contribution in [0.1, 0.15) is 44.4 Å². The maximum Gasteiger partial charge on any atom is 0.0483 e. The Labute approximate surface area is 134 Å². The Kier molecular flexibility index (Phi) is 5.63. The Bertz CT molecular complexity index is 654. The van der Waals surface area contributed by atoms with Crippen molar-refractivity contribution in [1.82, 2.24) is 5.32 Å². The van der Waals surface area contributed by atoms with Crippen molar-refractivity contribution in [3.63, 3.8) is 0 Å². The Morgan fingerprint density at radius 3 is 2.95 bits per heavy atom. The van der Waals surface area contributed by atoms with Gasteiger partial charge in [0.05, 0.1) is 0 Å². The second kappa shape index (κ2) is 7.68. The van der Waals surface area contributed by atoms with Crippen LogP contribution in [0.5, 0.6) is 0 Å². The third-order valence-electron chi connectivity index (χ3n) is 4.06. The molecule has 1 nitrogen and oxygen atoms in total. The lowest BCUT2D eigenvalue weighted by Gasteiger charge is -2.26. The summed E-state index contributed by atoms with van der Waals surface area (Å²) in [6.07, 6.45) is 11.4. The Hall–Kier alpha value is -2.24. The van der Waals surface area contributed by atoms with Gasteiger partial charge in [-0.2, -0.15) is 0 Å². The van der Waals surface area contributed by atoms with E-state index in [1.807, 2.05) is 12.2 Å². The zero-order valence-corrected chi connectivity index (χ0v) is 13.8. The summed E-state index contributed by atoms with van der Waals surface area (Å²) in [5, 5.41) is 3.70. The summed E-state index contributed by atoms with van der Waals surface area (Å²) >= 11 is 0. The van der Waals surface area contributed by atoms with Crippen LogP contribution in [0.3, 0.4) is 0 Å². The van der Waals surface area contributed by atoms with Gasteiger partial charge in [-0.05, 0) is 55.0 Å². The van der Waals surface area contributed by atoms with E-state index in [2.05, 4.69) is 80.9 Å². The topological polar surface area (TPSA) is 12.0 Å². The molecule has 1 aromatic carbocycles. The molecule has 1 heteroatoms. The first-order chi connectivity index (χ1) is 10.6. The minimum absolute atomic E-state index is 0.294. The SMILES string of the molecule is C=C=C/C=C/c1cccc(C(C)NC2=C(C)C=CCC2C)c1. The maximum atomic E-state index is 3.70. The highest BCUT2D eigenvalue weighted by Crippen LogP contribution is 2.26. The van der Waals surface area contributed by atoms with Crippen molar-refractivity contribution >= 4 is 6.08 Å². The van der Waals surface area contributed by atoms with Crippen LogP contribution in [-0.2, 0) is 0 Å². The Morgan fingerprint density at radius 1 is 1.41 bits per heavy atom. The van der Waals surface area contributed by atoms with Gasteiger partial charge in [-0.3, -0.25) is 0 Å². The van der Waals surface area contributed by atoms with Crippen molar-refractivity contribution in [2.75, 3.05) is 0 Å². The van der Waals surface area contributed by atoms with Gasteiger partial charge in [0.25, 0.3) is 0 Å². The lowest BCUT2D eigenvalue weighted by Crippen LogP contribution is -2.24. The molecule has 0 aliphatic heterocycles. The zero-order chi connectivity index (χ0) is 15.9. The second-order valence-corrected chi connectivity index (χ2v) is 5.90. The summed E-state index contributed by atoms with van der Waals surface area (Å²) in [6.45, 7) is 10.2. The van der Waals surface area contributed by atoms with Crippen LogP contribution in [0, 0.1) is 5.92 Å². The van der Waals surface area contributed by atoms with Crippen molar-refractivity contribution in [3.8, 4) is 0 Å². The van der Waals surface area contributed by atoms with Crippen LogP contribution < -0.4 is 5.32 Å². The van der Waals surface area contributed by atoms with Gasteiger partial charge in [-0.15, -0.1) is 5.73 Å². The van der Waals surface area contributed by atoms with Gasteiger partial charge in [-0.25, -0.2) is 0 Å². The molecule has 0 amide bonds. The highest BCUT2D eigenvalue weighted by atomic mass is 14.9. The minimum Gasteiger partial charge on any atom is -0.381 e. The van der Waals surface area contributed by atoms with Crippen LogP contribution in [0.15, 0.2) is 72.1 Å². The van der Waals surface area contributed by atoms with Crippen molar-refractivity contribution in [1.29, 1.82) is 0 Å². The summed E-state index contributed by atoms with van der Waals surface area (Å²) in [7, 11) is 0. The first kappa shape index (κ1) is 16.1. The highest BCUT2D eigenvalue weighted by Gasteiger charge is 2.16. The van der Waals surface area contributed by atoms with E-state index in [-0.39, 0.29) is 0 Å².